The SMILES string of the molecule is NC(=O)C1C[CH]c2ccc(Br)cc2O1. The average Bonchev–Trinajstić information content (AvgIpc) is 2.16. The number of rotatable bonds is 1. The minimum absolute atomic E-state index is 0.424. The second-order valence-electron chi connectivity index (χ2n) is 3.13. The Labute approximate surface area is 90.4 Å². The molecule has 0 aromatic heterocycles. The maximum atomic E-state index is 10.9. The molecule has 14 heavy (non-hydrogen) atoms. The lowest BCUT2D eigenvalue weighted by Crippen LogP contribution is -2.35. The molecule has 1 aliphatic rings. The standard InChI is InChI=1S/C10H9BrNO2/c11-7-3-1-6-2-4-8(10(12)13)14-9(6)5-7/h1-3,5,8H,4H2,(H2,12,13). The number of carbonyl (C=O) groups excluding carboxylic acids is 1. The van der Waals surface area contributed by atoms with E-state index >= 15 is 0 Å². The van der Waals surface area contributed by atoms with E-state index in [2.05, 4.69) is 15.9 Å². The molecule has 2 rings (SSSR count). The number of nitrogens with two attached hydrogens (primary N) is 1. The highest BCUT2D eigenvalue weighted by Gasteiger charge is 2.24. The number of halogens is 1. The molecule has 1 amide bonds. The van der Waals surface area contributed by atoms with Crippen LogP contribution in [0.3, 0.4) is 0 Å². The topological polar surface area (TPSA) is 52.3 Å². The minimum Gasteiger partial charge on any atom is -0.480 e. The van der Waals surface area contributed by atoms with Gasteiger partial charge in [0.15, 0.2) is 6.10 Å². The summed E-state index contributed by atoms with van der Waals surface area (Å²) in [7, 11) is 0. The highest BCUT2D eigenvalue weighted by molar-refractivity contribution is 9.10. The first-order valence-corrected chi connectivity index (χ1v) is 5.05. The molecule has 1 atom stereocenters. The molecule has 4 heteroatoms. The third-order valence-electron chi connectivity index (χ3n) is 2.11. The fraction of sp³-hybridized carbons (Fsp3) is 0.200. The highest BCUT2D eigenvalue weighted by Crippen LogP contribution is 2.31. The molecule has 0 aliphatic carbocycles. The van der Waals surface area contributed by atoms with Gasteiger partial charge in [-0.05, 0) is 24.1 Å². The normalized spacial score (nSPS) is 19.6. The lowest BCUT2D eigenvalue weighted by Gasteiger charge is -2.23. The van der Waals surface area contributed by atoms with Crippen LogP contribution in [-0.4, -0.2) is 12.0 Å². The zero-order valence-corrected chi connectivity index (χ0v) is 8.95. The number of carbonyl (C=O) groups is 1. The number of benzene rings is 1. The minimum atomic E-state index is -0.531. The van der Waals surface area contributed by atoms with Gasteiger partial charge in [0.25, 0.3) is 5.91 Å². The van der Waals surface area contributed by atoms with Gasteiger partial charge in [-0.3, -0.25) is 4.79 Å². The molecule has 1 aliphatic heterocycles. The van der Waals surface area contributed by atoms with Crippen molar-refractivity contribution < 1.29 is 9.53 Å². The number of primary amides is 1. The Kier molecular flexibility index (Phi) is 2.46. The van der Waals surface area contributed by atoms with Crippen LogP contribution in [0.4, 0.5) is 0 Å². The molecule has 3 nitrogen and oxygen atoms in total. The van der Waals surface area contributed by atoms with Crippen LogP contribution < -0.4 is 10.5 Å². The van der Waals surface area contributed by atoms with Gasteiger partial charge < -0.3 is 10.5 Å². The Morgan fingerprint density at radius 3 is 3.07 bits per heavy atom. The van der Waals surface area contributed by atoms with Crippen molar-refractivity contribution in [1.29, 1.82) is 0 Å². The van der Waals surface area contributed by atoms with E-state index in [1.165, 1.54) is 0 Å². The molecule has 0 saturated heterocycles. The van der Waals surface area contributed by atoms with E-state index in [4.69, 9.17) is 10.5 Å². The summed E-state index contributed by atoms with van der Waals surface area (Å²) >= 11 is 3.34. The van der Waals surface area contributed by atoms with E-state index in [1.54, 1.807) is 0 Å². The Bertz CT molecular complexity index is 378. The molecule has 1 aromatic rings. The lowest BCUT2D eigenvalue weighted by atomic mass is 10.0. The van der Waals surface area contributed by atoms with E-state index < -0.39 is 12.0 Å². The van der Waals surface area contributed by atoms with Gasteiger partial charge in [-0.25, -0.2) is 0 Å². The van der Waals surface area contributed by atoms with Crippen LogP contribution in [0.5, 0.6) is 5.75 Å². The van der Waals surface area contributed by atoms with Crippen molar-refractivity contribution in [2.24, 2.45) is 5.73 Å². The first kappa shape index (κ1) is 9.52. The molecule has 1 aromatic carbocycles. The molecule has 1 radical (unpaired) electrons. The Balaban J connectivity index is 2.29. The van der Waals surface area contributed by atoms with Crippen LogP contribution in [0.15, 0.2) is 22.7 Å². The van der Waals surface area contributed by atoms with Gasteiger partial charge in [0.1, 0.15) is 5.75 Å². The lowest BCUT2D eigenvalue weighted by molar-refractivity contribution is -0.124. The quantitative estimate of drug-likeness (QED) is 0.829. The van der Waals surface area contributed by atoms with E-state index in [0.29, 0.717) is 12.2 Å². The molecule has 0 bridgehead atoms. The van der Waals surface area contributed by atoms with E-state index in [9.17, 15) is 4.79 Å². The van der Waals surface area contributed by atoms with Crippen LogP contribution in [0, 0.1) is 6.42 Å². The maximum Gasteiger partial charge on any atom is 0.258 e. The second kappa shape index (κ2) is 3.61. The van der Waals surface area contributed by atoms with Crippen molar-refractivity contribution in [2.45, 2.75) is 12.5 Å². The van der Waals surface area contributed by atoms with E-state index in [-0.39, 0.29) is 0 Å². The van der Waals surface area contributed by atoms with Gasteiger partial charge in [0, 0.05) is 10.9 Å². The fourth-order valence-electron chi connectivity index (χ4n) is 1.39. The monoisotopic (exact) mass is 254 g/mol. The number of fused-ring (bicyclic) bond motifs is 1. The molecule has 1 heterocycles. The summed E-state index contributed by atoms with van der Waals surface area (Å²) in [6.07, 6.45) is 1.97. The number of ether oxygens (including phenoxy) is 1. The number of hydrogen-bond donors (Lipinski definition) is 1. The fourth-order valence-corrected chi connectivity index (χ4v) is 1.73. The Morgan fingerprint density at radius 2 is 2.36 bits per heavy atom. The van der Waals surface area contributed by atoms with Crippen molar-refractivity contribution in [1.82, 2.24) is 0 Å². The predicted molar refractivity (Wildman–Crippen MR) is 55.8 cm³/mol. The summed E-state index contributed by atoms with van der Waals surface area (Å²) in [5.74, 6) is 0.279. The predicted octanol–water partition coefficient (Wildman–Crippen LogP) is 1.64. The van der Waals surface area contributed by atoms with Crippen LogP contribution in [0.25, 0.3) is 0 Å². The summed E-state index contributed by atoms with van der Waals surface area (Å²) in [5.41, 5.74) is 6.17. The molecular weight excluding hydrogens is 246 g/mol. The number of hydrogen-bond acceptors (Lipinski definition) is 2. The molecule has 0 saturated carbocycles. The average molecular weight is 255 g/mol. The van der Waals surface area contributed by atoms with Gasteiger partial charge in [0.2, 0.25) is 0 Å². The van der Waals surface area contributed by atoms with Crippen LogP contribution in [0.1, 0.15) is 12.0 Å². The van der Waals surface area contributed by atoms with Gasteiger partial charge >= 0.3 is 0 Å². The smallest absolute Gasteiger partial charge is 0.258 e. The molecule has 2 N–H and O–H groups in total. The molecule has 1 unspecified atom stereocenters. The van der Waals surface area contributed by atoms with E-state index in [1.807, 2.05) is 24.6 Å². The van der Waals surface area contributed by atoms with Crippen molar-refractivity contribution in [3.63, 3.8) is 0 Å². The Hall–Kier alpha value is -1.03. The highest BCUT2D eigenvalue weighted by atomic mass is 79.9. The van der Waals surface area contributed by atoms with Gasteiger partial charge in [-0.1, -0.05) is 22.0 Å². The molecular formula is C10H9BrNO2. The second-order valence-corrected chi connectivity index (χ2v) is 4.05. The first-order valence-electron chi connectivity index (χ1n) is 4.25. The van der Waals surface area contributed by atoms with Gasteiger partial charge in [0.05, 0.1) is 0 Å². The molecule has 0 spiro atoms. The Morgan fingerprint density at radius 1 is 1.57 bits per heavy atom. The zero-order chi connectivity index (χ0) is 10.1. The van der Waals surface area contributed by atoms with Crippen molar-refractivity contribution in [2.75, 3.05) is 0 Å². The van der Waals surface area contributed by atoms with Gasteiger partial charge in [-0.15, -0.1) is 0 Å². The van der Waals surface area contributed by atoms with Gasteiger partial charge in [-0.2, -0.15) is 0 Å². The first-order chi connectivity index (χ1) is 6.66. The van der Waals surface area contributed by atoms with Crippen molar-refractivity contribution >= 4 is 21.8 Å². The van der Waals surface area contributed by atoms with Crippen molar-refractivity contribution in [3.05, 3.63) is 34.7 Å². The third-order valence-corrected chi connectivity index (χ3v) is 2.61. The zero-order valence-electron chi connectivity index (χ0n) is 7.37. The third kappa shape index (κ3) is 1.75. The largest absolute Gasteiger partial charge is 0.480 e. The van der Waals surface area contributed by atoms with Crippen LogP contribution in [0.2, 0.25) is 0 Å². The van der Waals surface area contributed by atoms with Crippen LogP contribution in [-0.2, 0) is 4.79 Å². The summed E-state index contributed by atoms with van der Waals surface area (Å²) in [6, 6.07) is 5.71. The summed E-state index contributed by atoms with van der Waals surface area (Å²) < 4.78 is 6.36. The molecule has 73 valence electrons. The van der Waals surface area contributed by atoms with Crippen molar-refractivity contribution in [3.8, 4) is 5.75 Å². The summed E-state index contributed by atoms with van der Waals surface area (Å²) in [5, 5.41) is 0. The van der Waals surface area contributed by atoms with E-state index in [0.717, 1.165) is 10.0 Å². The maximum absolute atomic E-state index is 10.9. The molecule has 0 fully saturated rings. The summed E-state index contributed by atoms with van der Waals surface area (Å²) in [6.45, 7) is 0. The number of amides is 1. The van der Waals surface area contributed by atoms with Crippen LogP contribution >= 0.6 is 15.9 Å². The summed E-state index contributed by atoms with van der Waals surface area (Å²) in [4.78, 5) is 10.9.